The lowest BCUT2D eigenvalue weighted by Crippen LogP contribution is -2.42. The molecule has 1 aromatic carbocycles. The number of nitrogens with one attached hydrogen (secondary N) is 1. The van der Waals surface area contributed by atoms with Crippen LogP contribution in [0.15, 0.2) is 23.9 Å². The minimum Gasteiger partial charge on any atom is -0.465 e. The molecule has 0 aromatic heterocycles. The van der Waals surface area contributed by atoms with Gasteiger partial charge in [-0.05, 0) is 24.6 Å². The molecule has 1 aliphatic rings. The van der Waals surface area contributed by atoms with Gasteiger partial charge in [0.2, 0.25) is 0 Å². The number of methoxy groups -OCH3 is 1. The summed E-state index contributed by atoms with van der Waals surface area (Å²) in [5, 5.41) is 2.68. The van der Waals surface area contributed by atoms with E-state index in [2.05, 4.69) is 10.1 Å². The number of esters is 3. The minimum absolute atomic E-state index is 0.240. The lowest BCUT2D eigenvalue weighted by Gasteiger charge is -2.29. The number of carbonyl (C=O) groups excluding carboxylic acids is 3. The van der Waals surface area contributed by atoms with Gasteiger partial charge in [0.05, 0.1) is 7.11 Å². The molecule has 0 radical (unpaired) electrons. The number of anilines is 1. The molecular weight excluding hydrogens is 321 g/mol. The number of hydrogen-bond acceptors (Lipinski definition) is 7. The first-order valence-corrected chi connectivity index (χ1v) is 6.97. The van der Waals surface area contributed by atoms with Crippen molar-refractivity contribution in [2.75, 3.05) is 12.4 Å². The Hall–Kier alpha value is -2.90. The van der Waals surface area contributed by atoms with E-state index in [1.165, 1.54) is 26.8 Å². The van der Waals surface area contributed by atoms with Crippen LogP contribution in [-0.4, -0.2) is 30.8 Å². The highest BCUT2D eigenvalue weighted by atomic mass is 19.1. The second kappa shape index (κ2) is 6.31. The number of benzene rings is 1. The Labute approximate surface area is 137 Å². The summed E-state index contributed by atoms with van der Waals surface area (Å²) in [5.74, 6) is -4.61. The van der Waals surface area contributed by atoms with Gasteiger partial charge in [0.1, 0.15) is 11.4 Å². The number of ether oxygens (including phenoxy) is 3. The largest absolute Gasteiger partial charge is 0.465 e. The summed E-state index contributed by atoms with van der Waals surface area (Å²) in [5.41, 5.74) is -0.0141. The fourth-order valence-electron chi connectivity index (χ4n) is 2.12. The maximum Gasteiger partial charge on any atom is 0.350 e. The van der Waals surface area contributed by atoms with Crippen molar-refractivity contribution < 1.29 is 33.0 Å². The van der Waals surface area contributed by atoms with Gasteiger partial charge in [0, 0.05) is 25.7 Å². The lowest BCUT2D eigenvalue weighted by molar-refractivity contribution is -0.222. The van der Waals surface area contributed by atoms with Crippen LogP contribution in [0.4, 0.5) is 10.1 Å². The zero-order valence-corrected chi connectivity index (χ0v) is 13.6. The van der Waals surface area contributed by atoms with E-state index in [0.717, 1.165) is 19.4 Å². The second-order valence-electron chi connectivity index (χ2n) is 5.47. The highest BCUT2D eigenvalue weighted by Crippen LogP contribution is 2.25. The normalized spacial score (nSPS) is 16.1. The highest BCUT2D eigenvalue weighted by Gasteiger charge is 2.39. The quantitative estimate of drug-likeness (QED) is 0.513. The summed E-state index contributed by atoms with van der Waals surface area (Å²) in [6, 6.07) is 2.43. The molecule has 1 saturated heterocycles. The van der Waals surface area contributed by atoms with Gasteiger partial charge in [0.15, 0.2) is 5.57 Å². The Balaban J connectivity index is 2.31. The van der Waals surface area contributed by atoms with Crippen LogP contribution < -0.4 is 5.32 Å². The van der Waals surface area contributed by atoms with Gasteiger partial charge < -0.3 is 19.5 Å². The third kappa shape index (κ3) is 3.37. The average Bonchev–Trinajstić information content (AvgIpc) is 2.47. The average molecular weight is 337 g/mol. The standard InChI is InChI=1S/C16H16FNO6/c1-8-11(6-5-10(17)12(8)15(21)22-4)18-7-9-13(19)23-16(2,3)24-14(9)20/h5-7,18H,1-4H3. The molecule has 0 aliphatic carbocycles. The van der Waals surface area contributed by atoms with Crippen LogP contribution in [0.2, 0.25) is 0 Å². The fraction of sp³-hybridized carbons (Fsp3) is 0.312. The number of halogens is 1. The van der Waals surface area contributed by atoms with Crippen molar-refractivity contribution in [3.05, 3.63) is 40.8 Å². The van der Waals surface area contributed by atoms with E-state index in [4.69, 9.17) is 9.47 Å². The lowest BCUT2D eigenvalue weighted by atomic mass is 10.1. The summed E-state index contributed by atoms with van der Waals surface area (Å²) in [6.07, 6.45) is 1.08. The molecule has 1 fully saturated rings. The van der Waals surface area contributed by atoms with Gasteiger partial charge in [0.25, 0.3) is 5.79 Å². The first-order valence-electron chi connectivity index (χ1n) is 6.97. The van der Waals surface area contributed by atoms with Crippen molar-refractivity contribution in [3.63, 3.8) is 0 Å². The molecule has 2 rings (SSSR count). The summed E-state index contributed by atoms with van der Waals surface area (Å²) < 4.78 is 28.2. The zero-order chi connectivity index (χ0) is 18.1. The number of rotatable bonds is 3. The molecule has 24 heavy (non-hydrogen) atoms. The molecular formula is C16H16FNO6. The van der Waals surface area contributed by atoms with Gasteiger partial charge in [-0.1, -0.05) is 0 Å². The highest BCUT2D eigenvalue weighted by molar-refractivity contribution is 6.15. The van der Waals surface area contributed by atoms with E-state index >= 15 is 0 Å². The van der Waals surface area contributed by atoms with E-state index in [0.29, 0.717) is 5.69 Å². The van der Waals surface area contributed by atoms with E-state index < -0.39 is 29.5 Å². The molecule has 1 aliphatic heterocycles. The SMILES string of the molecule is COC(=O)c1c(F)ccc(NC=C2C(=O)OC(C)(C)OC2=O)c1C. The van der Waals surface area contributed by atoms with E-state index in [1.807, 2.05) is 0 Å². The molecule has 128 valence electrons. The van der Waals surface area contributed by atoms with Crippen molar-refractivity contribution in [1.82, 2.24) is 0 Å². The molecule has 1 heterocycles. The molecule has 0 saturated carbocycles. The van der Waals surface area contributed by atoms with Crippen molar-refractivity contribution in [1.29, 1.82) is 0 Å². The van der Waals surface area contributed by atoms with Crippen LogP contribution in [0, 0.1) is 12.7 Å². The number of carbonyl (C=O) groups is 3. The van der Waals surface area contributed by atoms with Gasteiger partial charge in [-0.25, -0.2) is 18.8 Å². The molecule has 7 nitrogen and oxygen atoms in total. The predicted molar refractivity (Wildman–Crippen MR) is 80.4 cm³/mol. The van der Waals surface area contributed by atoms with Crippen LogP contribution in [0.5, 0.6) is 0 Å². The van der Waals surface area contributed by atoms with Gasteiger partial charge in [-0.3, -0.25) is 0 Å². The van der Waals surface area contributed by atoms with Gasteiger partial charge in [-0.15, -0.1) is 0 Å². The first-order chi connectivity index (χ1) is 11.2. The molecule has 8 heteroatoms. The molecule has 1 aromatic rings. The maximum atomic E-state index is 13.8. The Morgan fingerprint density at radius 2 is 1.83 bits per heavy atom. The van der Waals surface area contributed by atoms with E-state index in [1.54, 1.807) is 0 Å². The topological polar surface area (TPSA) is 90.9 Å². The fourth-order valence-corrected chi connectivity index (χ4v) is 2.12. The molecule has 0 atom stereocenters. The summed E-state index contributed by atoms with van der Waals surface area (Å²) in [6.45, 7) is 4.36. The molecule has 1 N–H and O–H groups in total. The van der Waals surface area contributed by atoms with E-state index in [9.17, 15) is 18.8 Å². The van der Waals surface area contributed by atoms with Crippen LogP contribution >= 0.6 is 0 Å². The Bertz CT molecular complexity index is 731. The third-order valence-electron chi connectivity index (χ3n) is 3.29. The van der Waals surface area contributed by atoms with Gasteiger partial charge >= 0.3 is 17.9 Å². The molecule has 0 unspecified atom stereocenters. The predicted octanol–water partition coefficient (Wildman–Crippen LogP) is 2.05. The number of cyclic esters (lactones) is 2. The summed E-state index contributed by atoms with van der Waals surface area (Å²) in [4.78, 5) is 35.3. The Morgan fingerprint density at radius 1 is 1.25 bits per heavy atom. The minimum atomic E-state index is -1.34. The van der Waals surface area contributed by atoms with E-state index in [-0.39, 0.29) is 16.7 Å². The van der Waals surface area contributed by atoms with Crippen LogP contribution in [0.25, 0.3) is 0 Å². The molecule has 0 amide bonds. The molecule has 0 spiro atoms. The summed E-state index contributed by atoms with van der Waals surface area (Å²) >= 11 is 0. The zero-order valence-electron chi connectivity index (χ0n) is 13.6. The number of hydrogen-bond donors (Lipinski definition) is 1. The smallest absolute Gasteiger partial charge is 0.350 e. The Kier molecular flexibility index (Phi) is 4.59. The van der Waals surface area contributed by atoms with Crippen molar-refractivity contribution in [3.8, 4) is 0 Å². The van der Waals surface area contributed by atoms with Crippen molar-refractivity contribution in [2.24, 2.45) is 0 Å². The maximum absolute atomic E-state index is 13.8. The monoisotopic (exact) mass is 337 g/mol. The van der Waals surface area contributed by atoms with Crippen LogP contribution in [0.3, 0.4) is 0 Å². The Morgan fingerprint density at radius 3 is 2.38 bits per heavy atom. The summed E-state index contributed by atoms with van der Waals surface area (Å²) in [7, 11) is 1.14. The van der Waals surface area contributed by atoms with Gasteiger partial charge in [-0.2, -0.15) is 0 Å². The van der Waals surface area contributed by atoms with Crippen LogP contribution in [-0.2, 0) is 23.8 Å². The third-order valence-corrected chi connectivity index (χ3v) is 3.29. The first kappa shape index (κ1) is 17.5. The van der Waals surface area contributed by atoms with Crippen LogP contribution in [0.1, 0.15) is 29.8 Å². The second-order valence-corrected chi connectivity index (χ2v) is 5.47. The van der Waals surface area contributed by atoms with Crippen molar-refractivity contribution in [2.45, 2.75) is 26.6 Å². The molecule has 0 bridgehead atoms. The van der Waals surface area contributed by atoms with Crippen molar-refractivity contribution >= 4 is 23.6 Å².